The van der Waals surface area contributed by atoms with Crippen molar-refractivity contribution in [2.45, 2.75) is 56.9 Å². The molecule has 2 fully saturated rings. The van der Waals surface area contributed by atoms with E-state index < -0.39 is 34.9 Å². The number of rotatable bonds is 4. The number of benzene rings is 1. The molecule has 2 heterocycles. The number of hydrogen-bond acceptors (Lipinski definition) is 6. The van der Waals surface area contributed by atoms with E-state index in [2.05, 4.69) is 0 Å². The molecule has 23 heavy (non-hydrogen) atoms. The highest BCUT2D eigenvalue weighted by molar-refractivity contribution is 7.86. The molecular formula is C16H22O6S. The molecule has 0 spiro atoms. The Morgan fingerprint density at radius 1 is 1.26 bits per heavy atom. The summed E-state index contributed by atoms with van der Waals surface area (Å²) in [5.74, 6) is -0.978. The molecule has 2 unspecified atom stereocenters. The van der Waals surface area contributed by atoms with Crippen LogP contribution >= 0.6 is 0 Å². The predicted octanol–water partition coefficient (Wildman–Crippen LogP) is 2.21. The molecule has 2 aliphatic rings. The van der Waals surface area contributed by atoms with Gasteiger partial charge in [0.2, 0.25) is 0 Å². The van der Waals surface area contributed by atoms with Gasteiger partial charge in [0.1, 0.15) is 6.10 Å². The predicted molar refractivity (Wildman–Crippen MR) is 82.2 cm³/mol. The van der Waals surface area contributed by atoms with Gasteiger partial charge in [-0.1, -0.05) is 24.6 Å². The van der Waals surface area contributed by atoms with Crippen molar-refractivity contribution in [3.63, 3.8) is 0 Å². The summed E-state index contributed by atoms with van der Waals surface area (Å²) in [4.78, 5) is 0.0184. The highest BCUT2D eigenvalue weighted by atomic mass is 32.2. The van der Waals surface area contributed by atoms with Crippen molar-refractivity contribution in [2.75, 3.05) is 6.58 Å². The van der Waals surface area contributed by atoms with Gasteiger partial charge in [0.15, 0.2) is 12.1 Å². The van der Waals surface area contributed by atoms with E-state index in [9.17, 15) is 8.42 Å². The third-order valence-electron chi connectivity index (χ3n) is 4.04. The maximum Gasteiger partial charge on any atom is 0.297 e. The molecule has 128 valence electrons. The van der Waals surface area contributed by atoms with Crippen molar-refractivity contribution < 1.29 is 28.2 Å². The van der Waals surface area contributed by atoms with E-state index >= 15 is 0 Å². The van der Waals surface area contributed by atoms with Crippen molar-refractivity contribution in [1.29, 1.82) is 0 Å². The van der Waals surface area contributed by atoms with E-state index in [-0.39, 0.29) is 16.9 Å². The Balaban J connectivity index is 1.70. The standard InChI is InChI=1S/C16H22O6S/c1-10-5-7-12(8-6-10)23(17,18)19-9-13-11(2)14-15(20-13)22-16(3,4)21-14/h5-8,11,13-15H,9H2,1-4H3/t11?,13-,14+,15-/m1/s1/i9D/t9?,11?,13-,14+,15-. The minimum Gasteiger partial charge on any atom is -0.344 e. The lowest BCUT2D eigenvalue weighted by molar-refractivity contribution is -0.211. The zero-order valence-electron chi connectivity index (χ0n) is 14.6. The molecule has 6 nitrogen and oxygen atoms in total. The summed E-state index contributed by atoms with van der Waals surface area (Å²) in [5, 5.41) is 0. The number of fused-ring (bicyclic) bond motifs is 1. The second-order valence-corrected chi connectivity index (χ2v) is 8.00. The van der Waals surface area contributed by atoms with E-state index in [0.29, 0.717) is 0 Å². The van der Waals surface area contributed by atoms with Crippen LogP contribution in [-0.4, -0.2) is 39.3 Å². The third kappa shape index (κ3) is 3.44. The largest absolute Gasteiger partial charge is 0.344 e. The Bertz CT molecular complexity index is 702. The highest BCUT2D eigenvalue weighted by Crippen LogP contribution is 2.40. The van der Waals surface area contributed by atoms with Crippen LogP contribution in [0.25, 0.3) is 0 Å². The average molecular weight is 343 g/mol. The van der Waals surface area contributed by atoms with E-state index in [4.69, 9.17) is 19.8 Å². The summed E-state index contributed by atoms with van der Waals surface area (Å²) in [6.45, 7) is 5.87. The van der Waals surface area contributed by atoms with Crippen LogP contribution in [0.1, 0.15) is 27.7 Å². The van der Waals surface area contributed by atoms with Crippen LogP contribution in [0.5, 0.6) is 0 Å². The van der Waals surface area contributed by atoms with Gasteiger partial charge in [-0.2, -0.15) is 8.42 Å². The molecule has 0 radical (unpaired) electrons. The zero-order chi connectivity index (χ0) is 17.7. The van der Waals surface area contributed by atoms with Crippen molar-refractivity contribution in [3.05, 3.63) is 29.8 Å². The first kappa shape index (κ1) is 15.5. The highest BCUT2D eigenvalue weighted by Gasteiger charge is 2.53. The Morgan fingerprint density at radius 2 is 1.91 bits per heavy atom. The maximum atomic E-state index is 12.3. The second kappa shape index (κ2) is 5.82. The van der Waals surface area contributed by atoms with Gasteiger partial charge in [-0.05, 0) is 32.9 Å². The number of hydrogen-bond donors (Lipinski definition) is 0. The molecule has 3 rings (SSSR count). The fourth-order valence-corrected chi connectivity index (χ4v) is 3.56. The molecule has 0 saturated carbocycles. The summed E-state index contributed by atoms with van der Waals surface area (Å²) in [5.41, 5.74) is 0.939. The molecule has 0 aromatic heterocycles. The summed E-state index contributed by atoms with van der Waals surface area (Å²) in [7, 11) is -4.03. The van der Waals surface area contributed by atoms with Crippen LogP contribution in [0.2, 0.25) is 0 Å². The van der Waals surface area contributed by atoms with Crippen LogP contribution in [0, 0.1) is 12.8 Å². The monoisotopic (exact) mass is 343 g/mol. The van der Waals surface area contributed by atoms with Crippen molar-refractivity contribution in [3.8, 4) is 0 Å². The smallest absolute Gasteiger partial charge is 0.297 e. The van der Waals surface area contributed by atoms with Crippen LogP contribution in [0.4, 0.5) is 0 Å². The SMILES string of the molecule is [2H]C(OS(=O)(=O)c1ccc(C)cc1)[C@H]1O[C@@H]2OC(C)(C)O[C@H]2C1C. The fourth-order valence-electron chi connectivity index (χ4n) is 2.73. The second-order valence-electron chi connectivity index (χ2n) is 6.43. The Hall–Kier alpha value is -0.990. The molecule has 7 heteroatoms. The Morgan fingerprint density at radius 3 is 2.52 bits per heavy atom. The molecule has 5 atom stereocenters. The zero-order valence-corrected chi connectivity index (χ0v) is 14.4. The van der Waals surface area contributed by atoms with Gasteiger partial charge in [-0.3, -0.25) is 4.18 Å². The van der Waals surface area contributed by atoms with E-state index in [1.54, 1.807) is 26.0 Å². The molecule has 1 aromatic carbocycles. The van der Waals surface area contributed by atoms with Crippen LogP contribution in [0.15, 0.2) is 29.2 Å². The lowest BCUT2D eigenvalue weighted by atomic mass is 10.0. The fraction of sp³-hybridized carbons (Fsp3) is 0.625. The molecule has 2 aliphatic heterocycles. The van der Waals surface area contributed by atoms with Gasteiger partial charge < -0.3 is 14.2 Å². The number of ether oxygens (including phenoxy) is 3. The van der Waals surface area contributed by atoms with Gasteiger partial charge >= 0.3 is 0 Å². The molecular weight excluding hydrogens is 320 g/mol. The Labute approximate surface area is 138 Å². The molecule has 0 N–H and O–H groups in total. The first-order valence-corrected chi connectivity index (χ1v) is 8.93. The first-order chi connectivity index (χ1) is 11.1. The van der Waals surface area contributed by atoms with Gasteiger partial charge in [0.25, 0.3) is 10.1 Å². The lowest BCUT2D eigenvalue weighted by Crippen LogP contribution is -2.31. The molecule has 0 bridgehead atoms. The van der Waals surface area contributed by atoms with Crippen LogP contribution < -0.4 is 0 Å². The van der Waals surface area contributed by atoms with Crippen molar-refractivity contribution in [2.24, 2.45) is 5.92 Å². The van der Waals surface area contributed by atoms with E-state index in [1.807, 2.05) is 13.8 Å². The normalized spacial score (nSPS) is 34.9. The maximum absolute atomic E-state index is 12.3. The minimum absolute atomic E-state index is 0.0184. The van der Waals surface area contributed by atoms with E-state index in [1.165, 1.54) is 12.1 Å². The Kier molecular flexibility index (Phi) is 3.93. The molecule has 2 saturated heterocycles. The summed E-state index contributed by atoms with van der Waals surface area (Å²) >= 11 is 0. The van der Waals surface area contributed by atoms with Crippen molar-refractivity contribution in [1.82, 2.24) is 0 Å². The quantitative estimate of drug-likeness (QED) is 0.781. The lowest BCUT2D eigenvalue weighted by Gasteiger charge is -2.23. The third-order valence-corrected chi connectivity index (χ3v) is 5.26. The summed E-state index contributed by atoms with van der Waals surface area (Å²) in [6, 6.07) is 6.27. The molecule has 0 aliphatic carbocycles. The van der Waals surface area contributed by atoms with Gasteiger partial charge in [0.05, 0.1) is 19.0 Å². The molecule has 0 amide bonds. The average Bonchev–Trinajstić information content (AvgIpc) is 2.92. The van der Waals surface area contributed by atoms with Crippen molar-refractivity contribution >= 4 is 10.1 Å². The van der Waals surface area contributed by atoms with Gasteiger partial charge in [-0.15, -0.1) is 0 Å². The number of aryl methyl sites for hydroxylation is 1. The van der Waals surface area contributed by atoms with Gasteiger partial charge in [0, 0.05) is 5.92 Å². The minimum atomic E-state index is -4.03. The van der Waals surface area contributed by atoms with E-state index in [0.717, 1.165) is 5.56 Å². The van der Waals surface area contributed by atoms with Crippen LogP contribution in [0.3, 0.4) is 0 Å². The summed E-state index contributed by atoms with van der Waals surface area (Å²) in [6.07, 6.45) is -1.71. The topological polar surface area (TPSA) is 71.1 Å². The van der Waals surface area contributed by atoms with Gasteiger partial charge in [-0.25, -0.2) is 0 Å². The summed E-state index contributed by atoms with van der Waals surface area (Å²) < 4.78 is 54.8. The van der Waals surface area contributed by atoms with Crippen LogP contribution in [-0.2, 0) is 28.5 Å². The first-order valence-electron chi connectivity index (χ1n) is 8.10. The molecule has 1 aromatic rings.